The van der Waals surface area contributed by atoms with Gasteiger partial charge in [-0.1, -0.05) is 54.2 Å². The monoisotopic (exact) mass is 473 g/mol. The Morgan fingerprint density at radius 3 is 2.62 bits per heavy atom. The Balaban J connectivity index is 1.46. The molecule has 0 bridgehead atoms. The second-order valence-electron chi connectivity index (χ2n) is 7.43. The number of carbonyl (C=O) groups excluding carboxylic acids is 1. The molecule has 0 saturated carbocycles. The number of sulfone groups is 1. The molecule has 8 nitrogen and oxygen atoms in total. The second kappa shape index (κ2) is 9.74. The van der Waals surface area contributed by atoms with Crippen LogP contribution in [-0.4, -0.2) is 59.8 Å². The van der Waals surface area contributed by atoms with Crippen LogP contribution >= 0.6 is 11.8 Å². The molecule has 1 aliphatic heterocycles. The van der Waals surface area contributed by atoms with Gasteiger partial charge in [0.2, 0.25) is 5.91 Å². The van der Waals surface area contributed by atoms with E-state index in [2.05, 4.69) is 10.2 Å². The summed E-state index contributed by atoms with van der Waals surface area (Å²) in [5.41, 5.74) is 1.62. The molecule has 0 N–H and O–H groups in total. The van der Waals surface area contributed by atoms with Crippen molar-refractivity contribution in [3.05, 3.63) is 60.2 Å². The van der Waals surface area contributed by atoms with Gasteiger partial charge in [0.1, 0.15) is 5.75 Å². The van der Waals surface area contributed by atoms with E-state index in [1.807, 2.05) is 48.5 Å². The van der Waals surface area contributed by atoms with Crippen LogP contribution in [0.3, 0.4) is 0 Å². The highest BCUT2D eigenvalue weighted by Crippen LogP contribution is 2.30. The van der Waals surface area contributed by atoms with Crippen LogP contribution in [-0.2, 0) is 21.2 Å². The number of amides is 1. The normalized spacial score (nSPS) is 17.2. The van der Waals surface area contributed by atoms with E-state index >= 15 is 0 Å². The van der Waals surface area contributed by atoms with Crippen LogP contribution < -0.4 is 4.74 Å². The zero-order valence-corrected chi connectivity index (χ0v) is 19.1. The van der Waals surface area contributed by atoms with Crippen molar-refractivity contribution in [3.8, 4) is 17.2 Å². The average molecular weight is 474 g/mol. The Kier molecular flexibility index (Phi) is 6.80. The van der Waals surface area contributed by atoms with Gasteiger partial charge in [0, 0.05) is 12.6 Å². The summed E-state index contributed by atoms with van der Waals surface area (Å²) in [7, 11) is -1.56. The first-order valence-corrected chi connectivity index (χ1v) is 12.9. The minimum atomic E-state index is -3.12. The fourth-order valence-corrected chi connectivity index (χ4v) is 6.01. The zero-order valence-electron chi connectivity index (χ0n) is 17.5. The molecule has 2 heterocycles. The van der Waals surface area contributed by atoms with Gasteiger partial charge in [-0.2, -0.15) is 0 Å². The summed E-state index contributed by atoms with van der Waals surface area (Å²) < 4.78 is 35.0. The van der Waals surface area contributed by atoms with Gasteiger partial charge >= 0.3 is 0 Å². The van der Waals surface area contributed by atoms with Gasteiger partial charge in [0.25, 0.3) is 11.1 Å². The van der Waals surface area contributed by atoms with E-state index < -0.39 is 9.84 Å². The maximum absolute atomic E-state index is 13.1. The van der Waals surface area contributed by atoms with Crippen LogP contribution in [0.1, 0.15) is 12.0 Å². The third kappa shape index (κ3) is 5.31. The van der Waals surface area contributed by atoms with Crippen molar-refractivity contribution in [1.82, 2.24) is 15.1 Å². The first-order chi connectivity index (χ1) is 15.4. The maximum Gasteiger partial charge on any atom is 0.277 e. The minimum Gasteiger partial charge on any atom is -0.496 e. The topological polar surface area (TPSA) is 103 Å². The molecular formula is C22H23N3O5S2. The van der Waals surface area contributed by atoms with E-state index in [4.69, 9.17) is 9.15 Å². The molecule has 1 atom stereocenters. The lowest BCUT2D eigenvalue weighted by Gasteiger charge is -2.28. The summed E-state index contributed by atoms with van der Waals surface area (Å²) in [6, 6.07) is 16.5. The van der Waals surface area contributed by atoms with Crippen LogP contribution in [0, 0.1) is 0 Å². The van der Waals surface area contributed by atoms with E-state index in [0.29, 0.717) is 30.2 Å². The summed E-state index contributed by atoms with van der Waals surface area (Å²) in [6.45, 7) is 0.358. The molecule has 4 rings (SSSR count). The number of thioether (sulfide) groups is 1. The molecule has 1 amide bonds. The number of hydrogen-bond donors (Lipinski definition) is 0. The van der Waals surface area contributed by atoms with Crippen molar-refractivity contribution in [2.45, 2.75) is 24.2 Å². The van der Waals surface area contributed by atoms with Crippen molar-refractivity contribution >= 4 is 27.5 Å². The Morgan fingerprint density at radius 2 is 1.91 bits per heavy atom. The number of methoxy groups -OCH3 is 1. The zero-order chi connectivity index (χ0) is 22.6. The SMILES string of the molecule is COc1ccccc1-c1nnc(SCC(=O)N(Cc2ccccc2)C2CCS(=O)(=O)C2)o1. The predicted molar refractivity (Wildman–Crippen MR) is 121 cm³/mol. The van der Waals surface area contributed by atoms with Gasteiger partial charge in [-0.25, -0.2) is 8.42 Å². The Labute approximate surface area is 190 Å². The molecule has 32 heavy (non-hydrogen) atoms. The third-order valence-corrected chi connectivity index (χ3v) is 7.78. The van der Waals surface area contributed by atoms with E-state index in [0.717, 1.165) is 17.3 Å². The Bertz CT molecular complexity index is 1180. The standard InChI is InChI=1S/C22H23N3O5S2/c1-29-19-10-6-5-9-18(19)21-23-24-22(30-21)31-14-20(26)25(13-16-7-3-2-4-8-16)17-11-12-32(27,28)15-17/h2-10,17H,11-15H2,1H3. The van der Waals surface area contributed by atoms with Gasteiger partial charge in [-0.05, 0) is 24.1 Å². The molecule has 1 unspecified atom stereocenters. The number of aromatic nitrogens is 2. The summed E-state index contributed by atoms with van der Waals surface area (Å²) in [4.78, 5) is 14.8. The van der Waals surface area contributed by atoms with Gasteiger partial charge in [0.15, 0.2) is 9.84 Å². The van der Waals surface area contributed by atoms with Gasteiger partial charge in [0.05, 0.1) is 29.9 Å². The number of rotatable bonds is 8. The third-order valence-electron chi connectivity index (χ3n) is 5.23. The molecule has 1 fully saturated rings. The number of para-hydroxylation sites is 1. The van der Waals surface area contributed by atoms with Crippen LogP contribution in [0.2, 0.25) is 0 Å². The molecule has 1 aliphatic rings. The molecule has 1 saturated heterocycles. The smallest absolute Gasteiger partial charge is 0.277 e. The Hall–Kier alpha value is -2.85. The number of benzene rings is 2. The summed E-state index contributed by atoms with van der Waals surface area (Å²) in [5, 5.41) is 8.35. The summed E-state index contributed by atoms with van der Waals surface area (Å²) >= 11 is 1.13. The molecule has 10 heteroatoms. The number of carbonyl (C=O) groups is 1. The molecule has 3 aromatic rings. The van der Waals surface area contributed by atoms with Crippen molar-refractivity contribution in [2.24, 2.45) is 0 Å². The lowest BCUT2D eigenvalue weighted by molar-refractivity contribution is -0.130. The summed E-state index contributed by atoms with van der Waals surface area (Å²) in [5.74, 6) is 0.916. The molecule has 2 aromatic carbocycles. The second-order valence-corrected chi connectivity index (χ2v) is 10.6. The van der Waals surface area contributed by atoms with Gasteiger partial charge < -0.3 is 14.1 Å². The summed E-state index contributed by atoms with van der Waals surface area (Å²) in [6.07, 6.45) is 0.448. The highest BCUT2D eigenvalue weighted by Gasteiger charge is 2.34. The van der Waals surface area contributed by atoms with Crippen LogP contribution in [0.4, 0.5) is 0 Å². The van der Waals surface area contributed by atoms with E-state index in [1.54, 1.807) is 18.1 Å². The molecule has 0 spiro atoms. The molecule has 0 radical (unpaired) electrons. The van der Waals surface area contributed by atoms with Crippen molar-refractivity contribution < 1.29 is 22.4 Å². The molecule has 1 aromatic heterocycles. The van der Waals surface area contributed by atoms with E-state index in [9.17, 15) is 13.2 Å². The first-order valence-electron chi connectivity index (χ1n) is 10.1. The van der Waals surface area contributed by atoms with Crippen molar-refractivity contribution in [3.63, 3.8) is 0 Å². The number of nitrogens with zero attached hydrogens (tertiary/aromatic N) is 3. The number of hydrogen-bond acceptors (Lipinski definition) is 8. The van der Waals surface area contributed by atoms with E-state index in [-0.39, 0.29) is 34.4 Å². The van der Waals surface area contributed by atoms with Gasteiger partial charge in [-0.15, -0.1) is 10.2 Å². The van der Waals surface area contributed by atoms with E-state index in [1.165, 1.54) is 0 Å². The highest BCUT2D eigenvalue weighted by atomic mass is 32.2. The minimum absolute atomic E-state index is 0.00521. The lowest BCUT2D eigenvalue weighted by Crippen LogP contribution is -2.41. The number of ether oxygens (including phenoxy) is 1. The van der Waals surface area contributed by atoms with Crippen molar-refractivity contribution in [2.75, 3.05) is 24.4 Å². The fourth-order valence-electron chi connectivity index (χ4n) is 3.63. The molecule has 168 valence electrons. The lowest BCUT2D eigenvalue weighted by atomic mass is 10.1. The fraction of sp³-hybridized carbons (Fsp3) is 0.318. The van der Waals surface area contributed by atoms with Crippen LogP contribution in [0.5, 0.6) is 5.75 Å². The van der Waals surface area contributed by atoms with Crippen molar-refractivity contribution in [1.29, 1.82) is 0 Å². The average Bonchev–Trinajstić information content (AvgIpc) is 3.42. The van der Waals surface area contributed by atoms with Crippen LogP contribution in [0.25, 0.3) is 11.5 Å². The Morgan fingerprint density at radius 1 is 1.16 bits per heavy atom. The van der Waals surface area contributed by atoms with Gasteiger partial charge in [-0.3, -0.25) is 4.79 Å². The first kappa shape index (κ1) is 22.3. The molecular weight excluding hydrogens is 450 g/mol. The quantitative estimate of drug-likeness (QED) is 0.460. The molecule has 0 aliphatic carbocycles. The predicted octanol–water partition coefficient (Wildman–Crippen LogP) is 3.05. The largest absolute Gasteiger partial charge is 0.496 e. The van der Waals surface area contributed by atoms with Crippen LogP contribution in [0.15, 0.2) is 64.2 Å². The maximum atomic E-state index is 13.1. The highest BCUT2D eigenvalue weighted by molar-refractivity contribution is 7.99.